The Bertz CT molecular complexity index is 323. The second-order valence-electron chi connectivity index (χ2n) is 2.93. The van der Waals surface area contributed by atoms with E-state index in [0.717, 1.165) is 17.4 Å². The fourth-order valence-electron chi connectivity index (χ4n) is 1.19. The smallest absolute Gasteiger partial charge is 0.137 e. The number of benzene rings is 1. The minimum atomic E-state index is -0.263. The molecule has 70 valence electrons. The Morgan fingerprint density at radius 1 is 1.54 bits per heavy atom. The summed E-state index contributed by atoms with van der Waals surface area (Å²) in [6.45, 7) is 1.83. The summed E-state index contributed by atoms with van der Waals surface area (Å²) in [7, 11) is 0. The zero-order chi connectivity index (χ0) is 9.84. The van der Waals surface area contributed by atoms with Crippen molar-refractivity contribution in [1.82, 2.24) is 0 Å². The number of carbonyl (C=O) groups excluding carboxylic acids is 1. The summed E-state index contributed by atoms with van der Waals surface area (Å²) >= 11 is 3.15. The van der Waals surface area contributed by atoms with E-state index in [1.54, 1.807) is 0 Å². The van der Waals surface area contributed by atoms with E-state index in [0.29, 0.717) is 17.3 Å². The molecule has 0 saturated carbocycles. The highest BCUT2D eigenvalue weighted by atomic mass is 79.9. The van der Waals surface area contributed by atoms with Crippen molar-refractivity contribution in [2.75, 3.05) is 0 Å². The molecule has 1 aromatic carbocycles. The van der Waals surface area contributed by atoms with Gasteiger partial charge in [0.2, 0.25) is 0 Å². The van der Waals surface area contributed by atoms with Crippen LogP contribution in [0.2, 0.25) is 0 Å². The standard InChI is InChI=1S/C10H10BrFO/c1-7-5-8(3-2-4-13)10(11)9(12)6-7/h4-6H,2-3H2,1H3. The summed E-state index contributed by atoms with van der Waals surface area (Å²) in [5.41, 5.74) is 1.73. The second kappa shape index (κ2) is 4.51. The van der Waals surface area contributed by atoms with Crippen molar-refractivity contribution in [3.63, 3.8) is 0 Å². The Morgan fingerprint density at radius 3 is 2.85 bits per heavy atom. The first-order chi connectivity index (χ1) is 6.15. The Kier molecular flexibility index (Phi) is 3.60. The molecule has 0 spiro atoms. The van der Waals surface area contributed by atoms with E-state index in [9.17, 15) is 9.18 Å². The van der Waals surface area contributed by atoms with E-state index in [4.69, 9.17) is 0 Å². The molecule has 0 N–H and O–H groups in total. The van der Waals surface area contributed by atoms with Gasteiger partial charge in [0.1, 0.15) is 12.1 Å². The molecule has 1 rings (SSSR count). The van der Waals surface area contributed by atoms with Gasteiger partial charge >= 0.3 is 0 Å². The lowest BCUT2D eigenvalue weighted by molar-refractivity contribution is -0.107. The number of hydrogen-bond donors (Lipinski definition) is 0. The average molecular weight is 245 g/mol. The third-order valence-electron chi connectivity index (χ3n) is 1.78. The Labute approximate surface area is 85.1 Å². The van der Waals surface area contributed by atoms with E-state index >= 15 is 0 Å². The lowest BCUT2D eigenvalue weighted by atomic mass is 10.1. The van der Waals surface area contributed by atoms with Crippen molar-refractivity contribution >= 4 is 22.2 Å². The fraction of sp³-hybridized carbons (Fsp3) is 0.300. The largest absolute Gasteiger partial charge is 0.303 e. The van der Waals surface area contributed by atoms with Crippen LogP contribution in [0, 0.1) is 12.7 Å². The van der Waals surface area contributed by atoms with Crippen molar-refractivity contribution in [2.24, 2.45) is 0 Å². The van der Waals surface area contributed by atoms with E-state index < -0.39 is 0 Å². The number of aldehydes is 1. The van der Waals surface area contributed by atoms with Gasteiger partial charge in [0.25, 0.3) is 0 Å². The van der Waals surface area contributed by atoms with E-state index in [-0.39, 0.29) is 5.82 Å². The molecule has 1 aromatic rings. The molecule has 0 aliphatic heterocycles. The van der Waals surface area contributed by atoms with Gasteiger partial charge in [0.05, 0.1) is 4.47 Å². The van der Waals surface area contributed by atoms with Crippen molar-refractivity contribution in [2.45, 2.75) is 19.8 Å². The minimum absolute atomic E-state index is 0.263. The summed E-state index contributed by atoms with van der Waals surface area (Å²) in [6, 6.07) is 3.35. The Balaban J connectivity index is 2.98. The van der Waals surface area contributed by atoms with Gasteiger partial charge in [0, 0.05) is 6.42 Å². The first kappa shape index (κ1) is 10.4. The van der Waals surface area contributed by atoms with E-state index in [2.05, 4.69) is 15.9 Å². The van der Waals surface area contributed by atoms with Gasteiger partial charge in [-0.25, -0.2) is 4.39 Å². The lowest BCUT2D eigenvalue weighted by Gasteiger charge is -2.04. The van der Waals surface area contributed by atoms with Gasteiger partial charge in [-0.05, 0) is 46.5 Å². The number of hydrogen-bond acceptors (Lipinski definition) is 1. The van der Waals surface area contributed by atoms with E-state index in [1.807, 2.05) is 13.0 Å². The molecule has 0 atom stereocenters. The Morgan fingerprint density at radius 2 is 2.23 bits per heavy atom. The van der Waals surface area contributed by atoms with Crippen LogP contribution >= 0.6 is 15.9 Å². The van der Waals surface area contributed by atoms with Crippen molar-refractivity contribution < 1.29 is 9.18 Å². The third kappa shape index (κ3) is 2.62. The molecule has 0 aliphatic carbocycles. The van der Waals surface area contributed by atoms with Crippen LogP contribution in [0.5, 0.6) is 0 Å². The molecule has 0 saturated heterocycles. The fourth-order valence-corrected chi connectivity index (χ4v) is 1.62. The molecule has 0 heterocycles. The van der Waals surface area contributed by atoms with Gasteiger partial charge in [-0.15, -0.1) is 0 Å². The summed E-state index contributed by atoms with van der Waals surface area (Å²) in [6.07, 6.45) is 1.86. The number of rotatable bonds is 3. The molecule has 0 amide bonds. The zero-order valence-electron chi connectivity index (χ0n) is 7.31. The predicted octanol–water partition coefficient (Wildman–Crippen LogP) is 3.03. The van der Waals surface area contributed by atoms with Gasteiger partial charge in [0.15, 0.2) is 0 Å². The zero-order valence-corrected chi connectivity index (χ0v) is 8.90. The SMILES string of the molecule is Cc1cc(F)c(Br)c(CCC=O)c1. The molecular weight excluding hydrogens is 235 g/mol. The quantitative estimate of drug-likeness (QED) is 0.748. The second-order valence-corrected chi connectivity index (χ2v) is 3.72. The molecule has 0 bridgehead atoms. The van der Waals surface area contributed by atoms with Crippen LogP contribution < -0.4 is 0 Å². The molecule has 0 fully saturated rings. The van der Waals surface area contributed by atoms with Crippen LogP contribution in [0.25, 0.3) is 0 Å². The van der Waals surface area contributed by atoms with Gasteiger partial charge in [-0.2, -0.15) is 0 Å². The van der Waals surface area contributed by atoms with Crippen LogP contribution in [0.3, 0.4) is 0 Å². The van der Waals surface area contributed by atoms with Crippen molar-refractivity contribution in [3.05, 3.63) is 33.5 Å². The van der Waals surface area contributed by atoms with Crippen molar-refractivity contribution in [1.29, 1.82) is 0 Å². The highest BCUT2D eigenvalue weighted by Crippen LogP contribution is 2.23. The summed E-state index contributed by atoms with van der Waals surface area (Å²) in [5.74, 6) is -0.263. The first-order valence-electron chi connectivity index (χ1n) is 4.03. The Hall–Kier alpha value is -0.700. The molecule has 0 unspecified atom stereocenters. The number of halogens is 2. The maximum Gasteiger partial charge on any atom is 0.137 e. The van der Waals surface area contributed by atoms with Crippen LogP contribution in [-0.4, -0.2) is 6.29 Å². The van der Waals surface area contributed by atoms with Crippen LogP contribution in [0.15, 0.2) is 16.6 Å². The summed E-state index contributed by atoms with van der Waals surface area (Å²) < 4.78 is 13.6. The predicted molar refractivity (Wildman–Crippen MR) is 53.2 cm³/mol. The average Bonchev–Trinajstić information content (AvgIpc) is 2.09. The topological polar surface area (TPSA) is 17.1 Å². The van der Waals surface area contributed by atoms with Crippen LogP contribution in [0.4, 0.5) is 4.39 Å². The highest BCUT2D eigenvalue weighted by molar-refractivity contribution is 9.10. The summed E-state index contributed by atoms with van der Waals surface area (Å²) in [4.78, 5) is 10.2. The van der Waals surface area contributed by atoms with Crippen LogP contribution in [0.1, 0.15) is 17.5 Å². The normalized spacial score (nSPS) is 10.1. The summed E-state index contributed by atoms with van der Waals surface area (Å²) in [5, 5.41) is 0. The van der Waals surface area contributed by atoms with E-state index in [1.165, 1.54) is 6.07 Å². The molecule has 0 radical (unpaired) electrons. The highest BCUT2D eigenvalue weighted by Gasteiger charge is 2.06. The van der Waals surface area contributed by atoms with Crippen LogP contribution in [-0.2, 0) is 11.2 Å². The minimum Gasteiger partial charge on any atom is -0.303 e. The van der Waals surface area contributed by atoms with Crippen molar-refractivity contribution in [3.8, 4) is 0 Å². The number of aryl methyl sites for hydroxylation is 2. The maximum absolute atomic E-state index is 13.1. The molecule has 1 nitrogen and oxygen atoms in total. The lowest BCUT2D eigenvalue weighted by Crippen LogP contribution is -1.92. The van der Waals surface area contributed by atoms with Gasteiger partial charge in [-0.1, -0.05) is 6.07 Å². The molecule has 13 heavy (non-hydrogen) atoms. The molecule has 0 aromatic heterocycles. The maximum atomic E-state index is 13.1. The monoisotopic (exact) mass is 244 g/mol. The van der Waals surface area contributed by atoms with Gasteiger partial charge < -0.3 is 4.79 Å². The molecular formula is C10H10BrFO. The number of carbonyl (C=O) groups is 1. The molecule has 3 heteroatoms. The third-order valence-corrected chi connectivity index (χ3v) is 2.67. The molecule has 0 aliphatic rings. The first-order valence-corrected chi connectivity index (χ1v) is 4.82. The van der Waals surface area contributed by atoms with Gasteiger partial charge in [-0.3, -0.25) is 0 Å².